The summed E-state index contributed by atoms with van der Waals surface area (Å²) in [6.45, 7) is 10.4. The molecule has 44 heavy (non-hydrogen) atoms. The molecule has 1 unspecified atom stereocenters. The summed E-state index contributed by atoms with van der Waals surface area (Å²) in [7, 11) is 0. The first-order chi connectivity index (χ1) is 20.6. The summed E-state index contributed by atoms with van der Waals surface area (Å²) in [6.07, 6.45) is -1.62. The van der Waals surface area contributed by atoms with Crippen LogP contribution in [0.2, 0.25) is 0 Å². The van der Waals surface area contributed by atoms with Crippen LogP contribution in [0.5, 0.6) is 5.75 Å². The van der Waals surface area contributed by atoms with Gasteiger partial charge in [-0.2, -0.15) is 0 Å². The van der Waals surface area contributed by atoms with Gasteiger partial charge in [0, 0.05) is 23.1 Å². The molecular weight excluding hydrogens is 558 g/mol. The average molecular weight is 602 g/mol. The van der Waals surface area contributed by atoms with Gasteiger partial charge in [-0.1, -0.05) is 68.4 Å². The molecule has 4 rings (SSSR count). The molecule has 3 aromatic carbocycles. The van der Waals surface area contributed by atoms with Crippen LogP contribution in [0.25, 0.3) is 0 Å². The number of β-amino-alcohol motifs (C(OH)–C–C–N with tert-alkyl or cyclic N) is 1. The van der Waals surface area contributed by atoms with E-state index in [1.54, 1.807) is 46.8 Å². The lowest BCUT2D eigenvalue weighted by Crippen LogP contribution is -2.57. The van der Waals surface area contributed by atoms with Crippen LogP contribution in [-0.4, -0.2) is 68.3 Å². The zero-order valence-electron chi connectivity index (χ0n) is 26.2. The van der Waals surface area contributed by atoms with Gasteiger partial charge in [0.2, 0.25) is 5.91 Å². The van der Waals surface area contributed by atoms with Crippen molar-refractivity contribution >= 4 is 17.7 Å². The van der Waals surface area contributed by atoms with Crippen molar-refractivity contribution in [2.24, 2.45) is 5.41 Å². The monoisotopic (exact) mass is 601 g/mol. The van der Waals surface area contributed by atoms with Gasteiger partial charge in [0.05, 0.1) is 18.2 Å². The largest absolute Gasteiger partial charge is 0.508 e. The molecule has 0 aromatic heterocycles. The normalized spacial score (nSPS) is 20.5. The lowest BCUT2D eigenvalue weighted by Gasteiger charge is -2.36. The van der Waals surface area contributed by atoms with E-state index in [1.165, 1.54) is 4.90 Å². The summed E-state index contributed by atoms with van der Waals surface area (Å²) in [5, 5.41) is 39.0. The fourth-order valence-corrected chi connectivity index (χ4v) is 5.85. The third kappa shape index (κ3) is 6.64. The second-order valence-electron chi connectivity index (χ2n) is 12.7. The van der Waals surface area contributed by atoms with Crippen molar-refractivity contribution < 1.29 is 29.7 Å². The minimum absolute atomic E-state index is 0.0348. The predicted octanol–water partition coefficient (Wildman–Crippen LogP) is 3.32. The van der Waals surface area contributed by atoms with E-state index in [-0.39, 0.29) is 30.8 Å². The van der Waals surface area contributed by atoms with Crippen molar-refractivity contribution in [2.75, 3.05) is 6.54 Å². The predicted molar refractivity (Wildman–Crippen MR) is 168 cm³/mol. The number of aryl methyl sites for hydroxylation is 2. The number of hydrogen-bond donors (Lipinski definition) is 5. The highest BCUT2D eigenvalue weighted by Gasteiger charge is 2.60. The van der Waals surface area contributed by atoms with Crippen LogP contribution in [0.15, 0.2) is 66.7 Å². The van der Waals surface area contributed by atoms with Crippen LogP contribution >= 0.6 is 0 Å². The lowest BCUT2D eigenvalue weighted by atomic mass is 9.74. The Labute approximate surface area is 258 Å². The zero-order chi connectivity index (χ0) is 32.4. The van der Waals surface area contributed by atoms with Gasteiger partial charge in [-0.05, 0) is 68.5 Å². The van der Waals surface area contributed by atoms with E-state index in [1.807, 2.05) is 61.5 Å². The topological polar surface area (TPSA) is 139 Å². The van der Waals surface area contributed by atoms with Crippen LogP contribution in [0, 0.1) is 26.2 Å². The van der Waals surface area contributed by atoms with Gasteiger partial charge in [-0.3, -0.25) is 14.4 Å². The molecule has 0 aliphatic carbocycles. The smallest absolute Gasteiger partial charge is 0.254 e. The maximum absolute atomic E-state index is 14.1. The Morgan fingerprint density at radius 1 is 0.977 bits per heavy atom. The molecule has 0 radical (unpaired) electrons. The van der Waals surface area contributed by atoms with E-state index < -0.39 is 46.9 Å². The number of benzene rings is 3. The minimum Gasteiger partial charge on any atom is -0.508 e. The Hall–Kier alpha value is -4.21. The zero-order valence-corrected chi connectivity index (χ0v) is 26.2. The first-order valence-electron chi connectivity index (χ1n) is 14.8. The third-order valence-corrected chi connectivity index (χ3v) is 9.13. The summed E-state index contributed by atoms with van der Waals surface area (Å²) in [4.78, 5) is 42.5. The molecule has 1 aliphatic rings. The number of rotatable bonds is 9. The number of phenolic OH excluding ortho intramolecular Hbond substituents is 1. The molecule has 1 heterocycles. The van der Waals surface area contributed by atoms with Gasteiger partial charge >= 0.3 is 0 Å². The Bertz CT molecular complexity index is 1530. The summed E-state index contributed by atoms with van der Waals surface area (Å²) < 4.78 is 0. The molecule has 9 nitrogen and oxygen atoms in total. The first-order valence-corrected chi connectivity index (χ1v) is 14.8. The highest BCUT2D eigenvalue weighted by Crippen LogP contribution is 2.44. The standard InChI is InChI=1S/C35H43N3O6/c1-21-16-26(23(3)28(39)17-21)31(41)37-27(18-24-13-8-7-9-14-24)29(40)33(43)38-20-35(6,44)34(4,5)30(38)32(42)36-19-25-15-11-10-12-22(25)2/h7-17,27,29-30,39-40,44H,18-20H2,1-6H3,(H,36,42)(H,37,41)/t27-,29-,30+,35?/m0/s1. The number of carbonyl (C=O) groups excluding carboxylic acids is 3. The molecule has 1 fully saturated rings. The molecule has 1 aliphatic heterocycles. The van der Waals surface area contributed by atoms with Crippen LogP contribution in [-0.2, 0) is 22.6 Å². The first kappa shape index (κ1) is 32.7. The summed E-state index contributed by atoms with van der Waals surface area (Å²) in [5.74, 6) is -1.83. The van der Waals surface area contributed by atoms with E-state index in [2.05, 4.69) is 10.6 Å². The molecule has 0 spiro atoms. The van der Waals surface area contributed by atoms with E-state index in [0.29, 0.717) is 11.1 Å². The molecular formula is C35H43N3O6. The number of amides is 3. The van der Waals surface area contributed by atoms with Crippen molar-refractivity contribution in [3.05, 3.63) is 100 Å². The van der Waals surface area contributed by atoms with Gasteiger partial charge in [0.15, 0.2) is 6.10 Å². The fraction of sp³-hybridized carbons (Fsp3) is 0.400. The number of aliphatic hydroxyl groups is 2. The highest BCUT2D eigenvalue weighted by atomic mass is 16.3. The summed E-state index contributed by atoms with van der Waals surface area (Å²) in [5.41, 5.74) is 1.46. The number of hydrogen-bond acceptors (Lipinski definition) is 6. The number of aromatic hydroxyl groups is 1. The molecule has 0 bridgehead atoms. The number of nitrogens with one attached hydrogen (secondary N) is 2. The van der Waals surface area contributed by atoms with Crippen LogP contribution in [0.1, 0.15) is 58.9 Å². The SMILES string of the molecule is Cc1cc(O)c(C)c(C(=O)N[C@@H](Cc2ccccc2)[C@H](O)C(=O)N2CC(C)(O)C(C)(C)[C@H]2C(=O)NCc2ccccc2C)c1. The van der Waals surface area contributed by atoms with Crippen molar-refractivity contribution in [3.63, 3.8) is 0 Å². The molecule has 3 amide bonds. The third-order valence-electron chi connectivity index (χ3n) is 9.13. The number of phenols is 1. The molecule has 1 saturated heterocycles. The number of nitrogens with zero attached hydrogens (tertiary/aromatic N) is 1. The van der Waals surface area contributed by atoms with Crippen LogP contribution in [0.3, 0.4) is 0 Å². The highest BCUT2D eigenvalue weighted by molar-refractivity contribution is 5.97. The van der Waals surface area contributed by atoms with Crippen molar-refractivity contribution in [1.82, 2.24) is 15.5 Å². The quantitative estimate of drug-likeness (QED) is 0.255. The van der Waals surface area contributed by atoms with Crippen LogP contribution in [0.4, 0.5) is 0 Å². The maximum atomic E-state index is 14.1. The Morgan fingerprint density at radius 2 is 1.61 bits per heavy atom. The molecule has 5 N–H and O–H groups in total. The molecule has 9 heteroatoms. The Morgan fingerprint density at radius 3 is 2.27 bits per heavy atom. The lowest BCUT2D eigenvalue weighted by molar-refractivity contribution is -0.148. The van der Waals surface area contributed by atoms with Gasteiger partial charge < -0.3 is 30.9 Å². The van der Waals surface area contributed by atoms with E-state index in [4.69, 9.17) is 0 Å². The molecule has 0 saturated carbocycles. The van der Waals surface area contributed by atoms with Crippen molar-refractivity contribution in [1.29, 1.82) is 0 Å². The van der Waals surface area contributed by atoms with Gasteiger partial charge in [-0.15, -0.1) is 0 Å². The number of carbonyl (C=O) groups is 3. The van der Waals surface area contributed by atoms with E-state index in [9.17, 15) is 29.7 Å². The molecule has 234 valence electrons. The number of likely N-dealkylation sites (tertiary alicyclic amines) is 1. The number of aliphatic hydroxyl groups excluding tert-OH is 1. The fourth-order valence-electron chi connectivity index (χ4n) is 5.85. The minimum atomic E-state index is -1.74. The van der Waals surface area contributed by atoms with Crippen molar-refractivity contribution in [3.8, 4) is 5.75 Å². The van der Waals surface area contributed by atoms with Gasteiger partial charge in [0.25, 0.3) is 11.8 Å². The summed E-state index contributed by atoms with van der Waals surface area (Å²) >= 11 is 0. The van der Waals surface area contributed by atoms with E-state index >= 15 is 0 Å². The summed E-state index contributed by atoms with van der Waals surface area (Å²) in [6, 6.07) is 17.8. The molecule has 4 atom stereocenters. The Balaban J connectivity index is 1.63. The second kappa shape index (κ2) is 12.8. The van der Waals surface area contributed by atoms with Crippen LogP contribution < -0.4 is 10.6 Å². The second-order valence-corrected chi connectivity index (χ2v) is 12.7. The van der Waals surface area contributed by atoms with Gasteiger partial charge in [-0.25, -0.2) is 0 Å². The molecule has 3 aromatic rings. The average Bonchev–Trinajstić information content (AvgIpc) is 3.16. The van der Waals surface area contributed by atoms with Gasteiger partial charge in [0.1, 0.15) is 11.8 Å². The Kier molecular flexibility index (Phi) is 9.51. The maximum Gasteiger partial charge on any atom is 0.254 e. The van der Waals surface area contributed by atoms with Crippen molar-refractivity contribution in [2.45, 2.75) is 78.3 Å². The van der Waals surface area contributed by atoms with E-state index in [0.717, 1.165) is 16.7 Å².